The first-order chi connectivity index (χ1) is 16.3. The number of hydrogen-bond acceptors (Lipinski definition) is 4. The molecule has 0 aromatic heterocycles. The van der Waals surface area contributed by atoms with E-state index >= 15 is 0 Å². The first-order valence-electron chi connectivity index (χ1n) is 11.4. The second-order valence-electron chi connectivity index (χ2n) is 9.13. The standard InChI is InChI=1S/C30H28O4/c1-16-14-18(3)29(20(5)27(16)31)33-23-12-8-6-10-21(23)25-22-11-7-9-13-24(22)34-30-19(4)15-17(2)28(32)26(25)30/h6-15,25,31-32H,1-5H3/t25-/m0/s1. The molecule has 1 aliphatic heterocycles. The van der Waals surface area contributed by atoms with Gasteiger partial charge >= 0.3 is 0 Å². The van der Waals surface area contributed by atoms with Gasteiger partial charge < -0.3 is 19.7 Å². The summed E-state index contributed by atoms with van der Waals surface area (Å²) in [6.07, 6.45) is 0. The minimum Gasteiger partial charge on any atom is -0.507 e. The number of aryl methyl sites for hydroxylation is 4. The van der Waals surface area contributed by atoms with Crippen LogP contribution in [-0.2, 0) is 0 Å². The van der Waals surface area contributed by atoms with Crippen LogP contribution in [-0.4, -0.2) is 10.2 Å². The first-order valence-corrected chi connectivity index (χ1v) is 11.4. The Morgan fingerprint density at radius 2 is 1.32 bits per heavy atom. The van der Waals surface area contributed by atoms with E-state index in [9.17, 15) is 10.2 Å². The van der Waals surface area contributed by atoms with Crippen LogP contribution >= 0.6 is 0 Å². The maximum absolute atomic E-state index is 11.2. The van der Waals surface area contributed by atoms with E-state index in [1.54, 1.807) is 0 Å². The average Bonchev–Trinajstić information content (AvgIpc) is 2.83. The molecule has 0 amide bonds. The number of rotatable bonds is 3. The fraction of sp³-hybridized carbons (Fsp3) is 0.200. The van der Waals surface area contributed by atoms with Crippen LogP contribution in [0.1, 0.15) is 50.4 Å². The molecule has 4 heteroatoms. The van der Waals surface area contributed by atoms with Crippen molar-refractivity contribution in [2.24, 2.45) is 0 Å². The van der Waals surface area contributed by atoms with E-state index in [2.05, 4.69) is 0 Å². The second-order valence-corrected chi connectivity index (χ2v) is 9.13. The Balaban J connectivity index is 1.74. The van der Waals surface area contributed by atoms with E-state index in [0.717, 1.165) is 44.7 Å². The summed E-state index contributed by atoms with van der Waals surface area (Å²) in [6, 6.07) is 19.7. The molecule has 0 spiro atoms. The molecule has 0 saturated carbocycles. The Labute approximate surface area is 200 Å². The highest BCUT2D eigenvalue weighted by Crippen LogP contribution is 2.54. The maximum Gasteiger partial charge on any atom is 0.138 e. The molecule has 4 nitrogen and oxygen atoms in total. The zero-order chi connectivity index (χ0) is 24.1. The molecule has 0 fully saturated rings. The Morgan fingerprint density at radius 3 is 2.09 bits per heavy atom. The van der Waals surface area contributed by atoms with Gasteiger partial charge in [-0.2, -0.15) is 0 Å². The van der Waals surface area contributed by atoms with E-state index in [4.69, 9.17) is 9.47 Å². The fourth-order valence-electron chi connectivity index (χ4n) is 5.03. The van der Waals surface area contributed by atoms with E-state index in [1.165, 1.54) is 0 Å². The highest BCUT2D eigenvalue weighted by Gasteiger charge is 2.34. The normalized spacial score (nSPS) is 14.2. The van der Waals surface area contributed by atoms with Crippen molar-refractivity contribution in [1.29, 1.82) is 0 Å². The topological polar surface area (TPSA) is 58.9 Å². The van der Waals surface area contributed by atoms with Crippen LogP contribution in [0.2, 0.25) is 0 Å². The lowest BCUT2D eigenvalue weighted by atomic mass is 9.80. The third-order valence-electron chi connectivity index (χ3n) is 6.70. The predicted octanol–water partition coefficient (Wildman–Crippen LogP) is 7.72. The number of hydrogen-bond donors (Lipinski definition) is 2. The first kappa shape index (κ1) is 21.9. The summed E-state index contributed by atoms with van der Waals surface area (Å²) < 4.78 is 12.8. The van der Waals surface area contributed by atoms with Crippen molar-refractivity contribution in [3.05, 3.63) is 105 Å². The molecule has 4 aromatic rings. The minimum absolute atomic E-state index is 0.232. The summed E-state index contributed by atoms with van der Waals surface area (Å²) >= 11 is 0. The quantitative estimate of drug-likeness (QED) is 0.294. The van der Waals surface area contributed by atoms with E-state index in [0.29, 0.717) is 22.8 Å². The van der Waals surface area contributed by atoms with Crippen molar-refractivity contribution in [1.82, 2.24) is 0 Å². The molecular weight excluding hydrogens is 424 g/mol. The molecule has 0 radical (unpaired) electrons. The summed E-state index contributed by atoms with van der Waals surface area (Å²) in [5.41, 5.74) is 6.87. The van der Waals surface area contributed by atoms with Gasteiger partial charge in [-0.25, -0.2) is 0 Å². The lowest BCUT2D eigenvalue weighted by Gasteiger charge is -2.32. The largest absolute Gasteiger partial charge is 0.507 e. The number of benzene rings is 4. The van der Waals surface area contributed by atoms with Gasteiger partial charge in [-0.3, -0.25) is 0 Å². The van der Waals surface area contributed by atoms with Crippen LogP contribution in [0.5, 0.6) is 34.5 Å². The Bertz CT molecular complexity index is 1430. The van der Waals surface area contributed by atoms with Gasteiger partial charge in [0, 0.05) is 28.2 Å². The molecule has 1 aliphatic rings. The molecule has 34 heavy (non-hydrogen) atoms. The molecule has 172 valence electrons. The SMILES string of the molecule is Cc1cc(C)c(Oc2ccccc2[C@H]2c3ccccc3Oc3c(C)cc(C)c(O)c32)c(C)c1O. The minimum atomic E-state index is -0.283. The zero-order valence-corrected chi connectivity index (χ0v) is 20.1. The molecule has 0 bridgehead atoms. The lowest BCUT2D eigenvalue weighted by molar-refractivity contribution is 0.415. The van der Waals surface area contributed by atoms with Crippen LogP contribution in [0.4, 0.5) is 0 Å². The predicted molar refractivity (Wildman–Crippen MR) is 134 cm³/mol. The number of aromatic hydroxyl groups is 2. The molecule has 1 atom stereocenters. The van der Waals surface area contributed by atoms with Crippen LogP contribution < -0.4 is 9.47 Å². The van der Waals surface area contributed by atoms with Gasteiger partial charge in [0.2, 0.25) is 0 Å². The zero-order valence-electron chi connectivity index (χ0n) is 20.1. The lowest BCUT2D eigenvalue weighted by Crippen LogP contribution is -2.14. The Kier molecular flexibility index (Phi) is 5.24. The summed E-state index contributed by atoms with van der Waals surface area (Å²) in [6.45, 7) is 9.64. The summed E-state index contributed by atoms with van der Waals surface area (Å²) in [5.74, 6) is 2.95. The number of ether oxygens (including phenoxy) is 2. The van der Waals surface area contributed by atoms with Gasteiger partial charge in [0.15, 0.2) is 0 Å². The van der Waals surface area contributed by atoms with Crippen molar-refractivity contribution in [3.8, 4) is 34.5 Å². The smallest absolute Gasteiger partial charge is 0.138 e. The van der Waals surface area contributed by atoms with Gasteiger partial charge in [-0.1, -0.05) is 36.4 Å². The highest BCUT2D eigenvalue weighted by molar-refractivity contribution is 5.67. The third kappa shape index (κ3) is 3.38. The third-order valence-corrected chi connectivity index (χ3v) is 6.70. The van der Waals surface area contributed by atoms with E-state index in [-0.39, 0.29) is 17.4 Å². The number of phenolic OH excluding ortho intramolecular Hbond substituents is 2. The molecule has 5 rings (SSSR count). The van der Waals surface area contributed by atoms with Crippen LogP contribution in [0.15, 0.2) is 60.7 Å². The number of fused-ring (bicyclic) bond motifs is 2. The molecule has 4 aromatic carbocycles. The van der Waals surface area contributed by atoms with Crippen molar-refractivity contribution in [2.75, 3.05) is 0 Å². The van der Waals surface area contributed by atoms with Crippen molar-refractivity contribution >= 4 is 0 Å². The Morgan fingerprint density at radius 1 is 0.706 bits per heavy atom. The summed E-state index contributed by atoms with van der Waals surface area (Å²) in [4.78, 5) is 0. The van der Waals surface area contributed by atoms with Gasteiger partial charge in [-0.05, 0) is 81.1 Å². The van der Waals surface area contributed by atoms with Gasteiger partial charge in [0.05, 0.1) is 0 Å². The summed E-state index contributed by atoms with van der Waals surface area (Å²) in [7, 11) is 0. The summed E-state index contributed by atoms with van der Waals surface area (Å²) in [5, 5.41) is 21.7. The molecule has 0 unspecified atom stereocenters. The van der Waals surface area contributed by atoms with Gasteiger partial charge in [0.25, 0.3) is 0 Å². The van der Waals surface area contributed by atoms with Crippen molar-refractivity contribution in [2.45, 2.75) is 40.5 Å². The van der Waals surface area contributed by atoms with E-state index in [1.807, 2.05) is 95.3 Å². The number of phenols is 2. The number of para-hydroxylation sites is 2. The molecule has 1 heterocycles. The van der Waals surface area contributed by atoms with Crippen LogP contribution in [0, 0.1) is 34.6 Å². The van der Waals surface area contributed by atoms with E-state index < -0.39 is 0 Å². The highest BCUT2D eigenvalue weighted by atomic mass is 16.5. The average molecular weight is 453 g/mol. The molecule has 0 saturated heterocycles. The monoisotopic (exact) mass is 452 g/mol. The Hall–Kier alpha value is -3.92. The van der Waals surface area contributed by atoms with Gasteiger partial charge in [-0.15, -0.1) is 0 Å². The van der Waals surface area contributed by atoms with Crippen LogP contribution in [0.3, 0.4) is 0 Å². The maximum atomic E-state index is 11.2. The second kappa shape index (κ2) is 8.14. The van der Waals surface area contributed by atoms with Crippen molar-refractivity contribution < 1.29 is 19.7 Å². The van der Waals surface area contributed by atoms with Crippen molar-refractivity contribution in [3.63, 3.8) is 0 Å². The molecule has 0 aliphatic carbocycles. The van der Waals surface area contributed by atoms with Crippen LogP contribution in [0.25, 0.3) is 0 Å². The molecular formula is C30H28O4. The molecule has 2 N–H and O–H groups in total. The van der Waals surface area contributed by atoms with Gasteiger partial charge in [0.1, 0.15) is 34.5 Å². The fourth-order valence-corrected chi connectivity index (χ4v) is 5.03.